The second kappa shape index (κ2) is 9.64. The minimum atomic E-state index is -0.170. The number of hydrogen-bond acceptors (Lipinski definition) is 4. The molecule has 0 unspecified atom stereocenters. The molecule has 5 heteroatoms. The zero-order valence-corrected chi connectivity index (χ0v) is 16.9. The average Bonchev–Trinajstić information content (AvgIpc) is 2.77. The molecule has 29 heavy (non-hydrogen) atoms. The summed E-state index contributed by atoms with van der Waals surface area (Å²) in [5.41, 5.74) is 3.24. The largest absolute Gasteiger partial charge is 0.497 e. The quantitative estimate of drug-likeness (QED) is 0.581. The van der Waals surface area contributed by atoms with Gasteiger partial charge in [-0.05, 0) is 48.4 Å². The highest BCUT2D eigenvalue weighted by molar-refractivity contribution is 6.04. The maximum Gasteiger partial charge on any atom is 0.255 e. The van der Waals surface area contributed by atoms with Gasteiger partial charge in [-0.3, -0.25) is 4.79 Å². The van der Waals surface area contributed by atoms with Gasteiger partial charge < -0.3 is 19.5 Å². The third kappa shape index (κ3) is 5.08. The molecule has 0 saturated heterocycles. The molecule has 0 aliphatic rings. The van der Waals surface area contributed by atoms with Crippen LogP contribution in [0.3, 0.4) is 0 Å². The number of rotatable bonds is 8. The van der Waals surface area contributed by atoms with Gasteiger partial charge in [-0.15, -0.1) is 0 Å². The number of anilines is 1. The Labute approximate surface area is 171 Å². The molecule has 0 spiro atoms. The Kier molecular flexibility index (Phi) is 6.74. The Morgan fingerprint density at radius 3 is 2.41 bits per heavy atom. The number of para-hydroxylation sites is 1. The molecule has 3 rings (SSSR count). The van der Waals surface area contributed by atoms with Crippen molar-refractivity contribution in [3.05, 3.63) is 83.4 Å². The Morgan fingerprint density at radius 2 is 1.66 bits per heavy atom. The van der Waals surface area contributed by atoms with E-state index in [2.05, 4.69) is 12.2 Å². The van der Waals surface area contributed by atoms with E-state index in [0.29, 0.717) is 17.1 Å². The molecule has 1 N–H and O–H groups in total. The SMILES string of the molecule is CCc1ccccc1NC(=O)c1ccc(OC)c(COc2cccc(OC)c2)c1. The predicted octanol–water partition coefficient (Wildman–Crippen LogP) is 5.10. The first-order valence-corrected chi connectivity index (χ1v) is 9.47. The van der Waals surface area contributed by atoms with Crippen LogP contribution >= 0.6 is 0 Å². The summed E-state index contributed by atoms with van der Waals surface area (Å²) in [6.07, 6.45) is 0.846. The van der Waals surface area contributed by atoms with Gasteiger partial charge in [0.2, 0.25) is 0 Å². The number of ether oxygens (including phenoxy) is 3. The monoisotopic (exact) mass is 391 g/mol. The molecular weight excluding hydrogens is 366 g/mol. The van der Waals surface area contributed by atoms with E-state index in [1.54, 1.807) is 32.4 Å². The average molecular weight is 391 g/mol. The van der Waals surface area contributed by atoms with E-state index in [-0.39, 0.29) is 12.5 Å². The number of hydrogen-bond donors (Lipinski definition) is 1. The van der Waals surface area contributed by atoms with Crippen LogP contribution < -0.4 is 19.5 Å². The highest BCUT2D eigenvalue weighted by atomic mass is 16.5. The first kappa shape index (κ1) is 20.3. The molecule has 5 nitrogen and oxygen atoms in total. The van der Waals surface area contributed by atoms with Crippen LogP contribution in [0.2, 0.25) is 0 Å². The Balaban J connectivity index is 1.78. The second-order valence-corrected chi connectivity index (χ2v) is 6.46. The molecule has 0 heterocycles. The topological polar surface area (TPSA) is 56.8 Å². The van der Waals surface area contributed by atoms with Crippen molar-refractivity contribution in [1.82, 2.24) is 0 Å². The van der Waals surface area contributed by atoms with Gasteiger partial charge in [0.05, 0.1) is 14.2 Å². The second-order valence-electron chi connectivity index (χ2n) is 6.46. The maximum atomic E-state index is 12.8. The summed E-state index contributed by atoms with van der Waals surface area (Å²) in [5.74, 6) is 1.89. The number of nitrogens with one attached hydrogen (secondary N) is 1. The van der Waals surface area contributed by atoms with Gasteiger partial charge in [0, 0.05) is 22.9 Å². The van der Waals surface area contributed by atoms with Crippen LogP contribution in [-0.2, 0) is 13.0 Å². The summed E-state index contributed by atoms with van der Waals surface area (Å²) in [6.45, 7) is 2.33. The summed E-state index contributed by atoms with van der Waals surface area (Å²) in [6, 6.07) is 20.5. The van der Waals surface area contributed by atoms with Crippen LogP contribution in [0.15, 0.2) is 66.7 Å². The van der Waals surface area contributed by atoms with E-state index in [1.165, 1.54) is 0 Å². The Hall–Kier alpha value is -3.47. The fourth-order valence-corrected chi connectivity index (χ4v) is 3.03. The van der Waals surface area contributed by atoms with Crippen LogP contribution in [0.1, 0.15) is 28.4 Å². The molecule has 3 aromatic rings. The highest BCUT2D eigenvalue weighted by Gasteiger charge is 2.13. The van der Waals surface area contributed by atoms with Crippen LogP contribution in [0, 0.1) is 0 Å². The Bertz CT molecular complexity index is 984. The van der Waals surface area contributed by atoms with Crippen LogP contribution in [0.25, 0.3) is 0 Å². The van der Waals surface area contributed by atoms with E-state index in [1.807, 2.05) is 48.5 Å². The minimum absolute atomic E-state index is 0.170. The highest BCUT2D eigenvalue weighted by Crippen LogP contribution is 2.25. The molecule has 0 bridgehead atoms. The summed E-state index contributed by atoms with van der Waals surface area (Å²) < 4.78 is 16.5. The van der Waals surface area contributed by atoms with Crippen molar-refractivity contribution in [3.63, 3.8) is 0 Å². The fourth-order valence-electron chi connectivity index (χ4n) is 3.03. The van der Waals surface area contributed by atoms with Crippen LogP contribution in [0.4, 0.5) is 5.69 Å². The summed E-state index contributed by atoms with van der Waals surface area (Å²) in [4.78, 5) is 12.8. The molecule has 3 aromatic carbocycles. The molecule has 0 radical (unpaired) electrons. The number of carbonyl (C=O) groups is 1. The lowest BCUT2D eigenvalue weighted by Crippen LogP contribution is -2.14. The third-order valence-electron chi connectivity index (χ3n) is 4.62. The summed E-state index contributed by atoms with van der Waals surface area (Å²) in [5, 5.41) is 2.99. The minimum Gasteiger partial charge on any atom is -0.497 e. The molecular formula is C24H25NO4. The van der Waals surface area contributed by atoms with Gasteiger partial charge in [0.1, 0.15) is 23.9 Å². The van der Waals surface area contributed by atoms with Crippen molar-refractivity contribution < 1.29 is 19.0 Å². The zero-order chi connectivity index (χ0) is 20.6. The van der Waals surface area contributed by atoms with Crippen molar-refractivity contribution in [1.29, 1.82) is 0 Å². The van der Waals surface area contributed by atoms with Gasteiger partial charge in [-0.2, -0.15) is 0 Å². The first-order chi connectivity index (χ1) is 14.1. The summed E-state index contributed by atoms with van der Waals surface area (Å²) >= 11 is 0. The van der Waals surface area contributed by atoms with Gasteiger partial charge >= 0.3 is 0 Å². The van der Waals surface area contributed by atoms with Gasteiger partial charge in [-0.25, -0.2) is 0 Å². The lowest BCUT2D eigenvalue weighted by molar-refractivity contribution is 0.102. The number of amides is 1. The molecule has 0 aliphatic heterocycles. The van der Waals surface area contributed by atoms with Crippen LogP contribution in [-0.4, -0.2) is 20.1 Å². The van der Waals surface area contributed by atoms with Crippen molar-refractivity contribution >= 4 is 11.6 Å². The first-order valence-electron chi connectivity index (χ1n) is 9.47. The zero-order valence-electron chi connectivity index (χ0n) is 16.9. The van der Waals surface area contributed by atoms with Crippen molar-refractivity contribution in [2.24, 2.45) is 0 Å². The number of benzene rings is 3. The van der Waals surface area contributed by atoms with Crippen molar-refractivity contribution in [3.8, 4) is 17.2 Å². The molecule has 0 aromatic heterocycles. The predicted molar refractivity (Wildman–Crippen MR) is 114 cm³/mol. The fraction of sp³-hybridized carbons (Fsp3) is 0.208. The van der Waals surface area contributed by atoms with Gasteiger partial charge in [0.15, 0.2) is 0 Å². The number of carbonyl (C=O) groups excluding carboxylic acids is 1. The molecule has 150 valence electrons. The van der Waals surface area contributed by atoms with E-state index >= 15 is 0 Å². The third-order valence-corrected chi connectivity index (χ3v) is 4.62. The van der Waals surface area contributed by atoms with Gasteiger partial charge in [0.25, 0.3) is 5.91 Å². The van der Waals surface area contributed by atoms with Crippen LogP contribution in [0.5, 0.6) is 17.2 Å². The molecule has 0 fully saturated rings. The summed E-state index contributed by atoms with van der Waals surface area (Å²) in [7, 11) is 3.21. The number of methoxy groups -OCH3 is 2. The lowest BCUT2D eigenvalue weighted by atomic mass is 10.1. The van der Waals surface area contributed by atoms with E-state index < -0.39 is 0 Å². The van der Waals surface area contributed by atoms with Crippen molar-refractivity contribution in [2.75, 3.05) is 19.5 Å². The molecule has 1 amide bonds. The Morgan fingerprint density at radius 1 is 0.862 bits per heavy atom. The smallest absolute Gasteiger partial charge is 0.255 e. The normalized spacial score (nSPS) is 10.3. The molecule has 0 aliphatic carbocycles. The maximum absolute atomic E-state index is 12.8. The van der Waals surface area contributed by atoms with E-state index in [4.69, 9.17) is 14.2 Å². The van der Waals surface area contributed by atoms with Crippen molar-refractivity contribution in [2.45, 2.75) is 20.0 Å². The van der Waals surface area contributed by atoms with E-state index in [0.717, 1.165) is 29.0 Å². The molecule has 0 atom stereocenters. The standard InChI is InChI=1S/C24H25NO4/c1-4-17-8-5-6-11-22(17)25-24(26)18-12-13-23(28-3)19(14-18)16-29-21-10-7-9-20(15-21)27-2/h5-15H,4,16H2,1-3H3,(H,25,26). The molecule has 0 saturated carbocycles. The van der Waals surface area contributed by atoms with E-state index in [9.17, 15) is 4.79 Å². The van der Waals surface area contributed by atoms with Gasteiger partial charge in [-0.1, -0.05) is 31.2 Å². The lowest BCUT2D eigenvalue weighted by Gasteiger charge is -2.14. The number of aryl methyl sites for hydroxylation is 1.